The zero-order valence-electron chi connectivity index (χ0n) is 22.4. The van der Waals surface area contributed by atoms with Crippen LogP contribution in [-0.4, -0.2) is 41.0 Å². The van der Waals surface area contributed by atoms with E-state index in [0.29, 0.717) is 11.3 Å². The first-order valence-electron chi connectivity index (χ1n) is 11.9. The van der Waals surface area contributed by atoms with Gasteiger partial charge in [-0.15, -0.1) is 0 Å². The fourth-order valence-corrected chi connectivity index (χ4v) is 3.89. The molecule has 0 fully saturated rings. The van der Waals surface area contributed by atoms with E-state index in [2.05, 4.69) is 10.6 Å². The molecule has 0 aliphatic heterocycles. The first-order chi connectivity index (χ1) is 16.8. The van der Waals surface area contributed by atoms with Gasteiger partial charge in [0.05, 0.1) is 6.07 Å². The minimum atomic E-state index is -1.10. The lowest BCUT2D eigenvalue weighted by atomic mass is 9.95. The van der Waals surface area contributed by atoms with Crippen molar-refractivity contribution in [2.45, 2.75) is 73.1 Å². The number of benzene rings is 2. The molecule has 2 N–H and O–H groups in total. The predicted octanol–water partition coefficient (Wildman–Crippen LogP) is 4.87. The lowest BCUT2D eigenvalue weighted by molar-refractivity contribution is -0.139. The second-order valence-corrected chi connectivity index (χ2v) is 9.94. The van der Waals surface area contributed by atoms with Gasteiger partial charge >= 0.3 is 6.09 Å². The highest BCUT2D eigenvalue weighted by Gasteiger charge is 2.36. The Morgan fingerprint density at radius 2 is 1.56 bits per heavy atom. The Morgan fingerprint density at radius 3 is 2.11 bits per heavy atom. The summed E-state index contributed by atoms with van der Waals surface area (Å²) in [6.07, 6.45) is -0.761. The van der Waals surface area contributed by atoms with Crippen LogP contribution in [0.5, 0.6) is 0 Å². The van der Waals surface area contributed by atoms with Crippen molar-refractivity contribution in [2.24, 2.45) is 0 Å². The summed E-state index contributed by atoms with van der Waals surface area (Å²) in [6.45, 7) is 13.9. The van der Waals surface area contributed by atoms with Gasteiger partial charge in [-0.1, -0.05) is 36.4 Å². The largest absolute Gasteiger partial charge is 0.444 e. The van der Waals surface area contributed by atoms with E-state index in [-0.39, 0.29) is 6.54 Å². The molecule has 0 saturated heterocycles. The molecule has 2 unspecified atom stereocenters. The van der Waals surface area contributed by atoms with Gasteiger partial charge in [-0.3, -0.25) is 9.59 Å². The molecule has 0 aliphatic rings. The summed E-state index contributed by atoms with van der Waals surface area (Å²) in [4.78, 5) is 40.9. The van der Waals surface area contributed by atoms with Gasteiger partial charge in [-0.05, 0) is 83.2 Å². The lowest BCUT2D eigenvalue weighted by Gasteiger charge is -2.33. The smallest absolute Gasteiger partial charge is 0.408 e. The summed E-state index contributed by atoms with van der Waals surface area (Å²) in [5, 5.41) is 15.1. The number of nitrogens with one attached hydrogen (secondary N) is 2. The lowest BCUT2D eigenvalue weighted by Crippen LogP contribution is -2.51. The normalized spacial score (nSPS) is 12.6. The SMILES string of the molecule is Cc1cccc(C(C(=O)Nc2c(C)cccc2C)N(CC#N)C(=O)C(C)NC(=O)OC(C)(C)C)c1C. The van der Waals surface area contributed by atoms with Crippen molar-refractivity contribution in [2.75, 3.05) is 11.9 Å². The Hall–Kier alpha value is -3.86. The Bertz CT molecular complexity index is 1160. The molecule has 0 aliphatic carbocycles. The average molecular weight is 493 g/mol. The molecule has 2 aromatic carbocycles. The first kappa shape index (κ1) is 28.4. The molecular weight excluding hydrogens is 456 g/mol. The maximum absolute atomic E-state index is 13.8. The Morgan fingerprint density at radius 1 is 1.00 bits per heavy atom. The molecule has 8 heteroatoms. The van der Waals surface area contributed by atoms with Crippen LogP contribution in [0.1, 0.15) is 61.6 Å². The van der Waals surface area contributed by atoms with Crippen LogP contribution in [-0.2, 0) is 14.3 Å². The number of ether oxygens (including phenoxy) is 1. The third-order valence-corrected chi connectivity index (χ3v) is 5.86. The fourth-order valence-electron chi connectivity index (χ4n) is 3.89. The summed E-state index contributed by atoms with van der Waals surface area (Å²) in [5.74, 6) is -1.03. The Labute approximate surface area is 213 Å². The summed E-state index contributed by atoms with van der Waals surface area (Å²) in [7, 11) is 0. The molecule has 3 amide bonds. The van der Waals surface area contributed by atoms with Crippen molar-refractivity contribution in [1.82, 2.24) is 10.2 Å². The summed E-state index contributed by atoms with van der Waals surface area (Å²) < 4.78 is 5.27. The van der Waals surface area contributed by atoms with E-state index < -0.39 is 35.6 Å². The second-order valence-electron chi connectivity index (χ2n) is 9.94. The predicted molar refractivity (Wildman–Crippen MR) is 139 cm³/mol. The number of hydrogen-bond donors (Lipinski definition) is 2. The van der Waals surface area contributed by atoms with Gasteiger partial charge in [0, 0.05) is 5.69 Å². The van der Waals surface area contributed by atoms with Crippen LogP contribution >= 0.6 is 0 Å². The first-order valence-corrected chi connectivity index (χ1v) is 11.9. The van der Waals surface area contributed by atoms with Gasteiger partial charge < -0.3 is 20.3 Å². The molecule has 36 heavy (non-hydrogen) atoms. The van der Waals surface area contributed by atoms with Gasteiger partial charge in [-0.2, -0.15) is 5.26 Å². The molecule has 0 bridgehead atoms. The molecular formula is C28H36N4O4. The topological polar surface area (TPSA) is 112 Å². The van der Waals surface area contributed by atoms with Crippen LogP contribution in [0.3, 0.4) is 0 Å². The number of alkyl carbamates (subject to hydrolysis) is 1. The van der Waals surface area contributed by atoms with E-state index in [9.17, 15) is 19.6 Å². The standard InChI is InChI=1S/C28H36N4O4/c1-17-11-10-14-22(20(17)4)24(25(33)31-23-18(2)12-9-13-19(23)3)32(16-15-29)26(34)21(5)30-27(35)36-28(6,7)8/h9-14,21,24H,16H2,1-8H3,(H,30,35)(H,31,33). The van der Waals surface area contributed by atoms with Crippen molar-refractivity contribution in [3.63, 3.8) is 0 Å². The number of carbonyl (C=O) groups excluding carboxylic acids is 3. The molecule has 0 radical (unpaired) electrons. The Kier molecular flexibility index (Phi) is 9.23. The van der Waals surface area contributed by atoms with Gasteiger partial charge in [0.15, 0.2) is 0 Å². The van der Waals surface area contributed by atoms with Gasteiger partial charge in [0.1, 0.15) is 24.2 Å². The molecule has 2 rings (SSSR count). The van der Waals surface area contributed by atoms with Crippen LogP contribution < -0.4 is 10.6 Å². The molecule has 8 nitrogen and oxygen atoms in total. The third kappa shape index (κ3) is 7.08. The monoisotopic (exact) mass is 492 g/mol. The number of para-hydroxylation sites is 1. The molecule has 192 valence electrons. The number of carbonyl (C=O) groups is 3. The average Bonchev–Trinajstić information content (AvgIpc) is 2.77. The number of nitrogens with zero attached hydrogens (tertiary/aromatic N) is 2. The highest BCUT2D eigenvalue weighted by molar-refractivity contribution is 6.00. The van der Waals surface area contributed by atoms with E-state index in [1.807, 2.05) is 64.1 Å². The maximum Gasteiger partial charge on any atom is 0.408 e. The van der Waals surface area contributed by atoms with Crippen molar-refractivity contribution in [3.05, 3.63) is 64.2 Å². The highest BCUT2D eigenvalue weighted by Crippen LogP contribution is 2.29. The van der Waals surface area contributed by atoms with Gasteiger partial charge in [0.2, 0.25) is 5.91 Å². The second kappa shape index (κ2) is 11.7. The molecule has 0 aromatic heterocycles. The highest BCUT2D eigenvalue weighted by atomic mass is 16.6. The number of anilines is 1. The van der Waals surface area contributed by atoms with Gasteiger partial charge in [0.25, 0.3) is 5.91 Å². The molecule has 0 heterocycles. The van der Waals surface area contributed by atoms with Crippen molar-refractivity contribution >= 4 is 23.6 Å². The number of aryl methyl sites for hydroxylation is 3. The van der Waals surface area contributed by atoms with E-state index in [0.717, 1.165) is 22.3 Å². The number of rotatable bonds is 7. The van der Waals surface area contributed by atoms with Crippen molar-refractivity contribution < 1.29 is 19.1 Å². The van der Waals surface area contributed by atoms with E-state index >= 15 is 0 Å². The van der Waals surface area contributed by atoms with Crippen molar-refractivity contribution in [1.29, 1.82) is 5.26 Å². The molecule has 0 spiro atoms. The zero-order chi connectivity index (χ0) is 27.2. The summed E-state index contributed by atoms with van der Waals surface area (Å²) in [5.41, 5.74) is 4.05. The number of nitriles is 1. The van der Waals surface area contributed by atoms with Crippen molar-refractivity contribution in [3.8, 4) is 6.07 Å². The minimum Gasteiger partial charge on any atom is -0.444 e. The van der Waals surface area contributed by atoms with Crippen LogP contribution in [0.2, 0.25) is 0 Å². The quantitative estimate of drug-likeness (QED) is 0.536. The minimum absolute atomic E-state index is 0.350. The molecule has 2 atom stereocenters. The van der Waals surface area contributed by atoms with Crippen LogP contribution in [0.25, 0.3) is 0 Å². The fraction of sp³-hybridized carbons (Fsp3) is 0.429. The van der Waals surface area contributed by atoms with E-state index in [1.54, 1.807) is 26.8 Å². The van der Waals surface area contributed by atoms with E-state index in [4.69, 9.17) is 4.74 Å². The Balaban J connectivity index is 2.51. The van der Waals surface area contributed by atoms with Crippen LogP contribution in [0, 0.1) is 39.0 Å². The van der Waals surface area contributed by atoms with Gasteiger partial charge in [-0.25, -0.2) is 4.79 Å². The van der Waals surface area contributed by atoms with Crippen LogP contribution in [0.4, 0.5) is 10.5 Å². The van der Waals surface area contributed by atoms with E-state index in [1.165, 1.54) is 11.8 Å². The maximum atomic E-state index is 13.8. The van der Waals surface area contributed by atoms with Crippen LogP contribution in [0.15, 0.2) is 36.4 Å². The number of hydrogen-bond acceptors (Lipinski definition) is 5. The summed E-state index contributed by atoms with van der Waals surface area (Å²) in [6, 6.07) is 11.1. The summed E-state index contributed by atoms with van der Waals surface area (Å²) >= 11 is 0. The molecule has 2 aromatic rings. The number of amides is 3. The zero-order valence-corrected chi connectivity index (χ0v) is 22.4. The molecule has 0 saturated carbocycles. The third-order valence-electron chi connectivity index (χ3n) is 5.86.